The molecule has 2 heterocycles. The van der Waals surface area contributed by atoms with Gasteiger partial charge in [-0.1, -0.05) is 37.2 Å². The third kappa shape index (κ3) is 3.00. The van der Waals surface area contributed by atoms with Gasteiger partial charge in [0.25, 0.3) is 0 Å². The Bertz CT molecular complexity index is 788. The number of hydrogen-bond acceptors (Lipinski definition) is 4. The molecule has 1 aromatic carbocycles. The van der Waals surface area contributed by atoms with E-state index in [9.17, 15) is 4.79 Å². The molecule has 0 unspecified atom stereocenters. The molecule has 0 aliphatic heterocycles. The summed E-state index contributed by atoms with van der Waals surface area (Å²) in [5.74, 6) is 0.555. The van der Waals surface area contributed by atoms with Gasteiger partial charge in [-0.15, -0.1) is 0 Å². The maximum atomic E-state index is 11.9. The number of nitrogens with zero attached hydrogens (tertiary/aromatic N) is 2. The minimum absolute atomic E-state index is 0.00971. The van der Waals surface area contributed by atoms with Gasteiger partial charge in [0.1, 0.15) is 0 Å². The first-order valence-corrected chi connectivity index (χ1v) is 7.29. The number of H-pyrrole nitrogens is 1. The van der Waals surface area contributed by atoms with Crippen molar-refractivity contribution in [2.24, 2.45) is 5.92 Å². The molecule has 3 aromatic rings. The van der Waals surface area contributed by atoms with E-state index in [0.29, 0.717) is 24.7 Å². The molecule has 0 radical (unpaired) electrons. The molecule has 0 atom stereocenters. The van der Waals surface area contributed by atoms with Crippen molar-refractivity contribution >= 4 is 16.8 Å². The molecule has 2 aromatic heterocycles. The highest BCUT2D eigenvalue weighted by atomic mass is 16.5. The van der Waals surface area contributed by atoms with Gasteiger partial charge in [0, 0.05) is 30.1 Å². The minimum Gasteiger partial charge on any atom is -0.361 e. The summed E-state index contributed by atoms with van der Waals surface area (Å²) in [5.41, 5.74) is 2.14. The zero-order valence-corrected chi connectivity index (χ0v) is 12.6. The first-order valence-electron chi connectivity index (χ1n) is 7.29. The van der Waals surface area contributed by atoms with Crippen molar-refractivity contribution in [2.75, 3.05) is 6.54 Å². The molecule has 2 N–H and O–H groups in total. The van der Waals surface area contributed by atoms with E-state index in [1.54, 1.807) is 0 Å². The largest absolute Gasteiger partial charge is 0.361 e. The second-order valence-electron chi connectivity index (χ2n) is 5.66. The number of aromatic amines is 1. The maximum absolute atomic E-state index is 11.9. The van der Waals surface area contributed by atoms with Crippen molar-refractivity contribution in [3.05, 3.63) is 47.7 Å². The first kappa shape index (κ1) is 14.3. The Morgan fingerprint density at radius 2 is 2.18 bits per heavy atom. The summed E-state index contributed by atoms with van der Waals surface area (Å²) < 4.78 is 5.04. The Kier molecular flexibility index (Phi) is 3.91. The summed E-state index contributed by atoms with van der Waals surface area (Å²) in [6.45, 7) is 4.63. The maximum Gasteiger partial charge on any atom is 0.315 e. The topological polar surface area (TPSA) is 83.8 Å². The summed E-state index contributed by atoms with van der Waals surface area (Å²) in [6, 6.07) is 8.02. The van der Waals surface area contributed by atoms with Gasteiger partial charge in [0.15, 0.2) is 5.82 Å². The molecule has 0 saturated carbocycles. The van der Waals surface area contributed by atoms with Gasteiger partial charge < -0.3 is 14.8 Å². The van der Waals surface area contributed by atoms with E-state index in [1.165, 1.54) is 0 Å². The third-order valence-corrected chi connectivity index (χ3v) is 3.36. The molecule has 1 amide bonds. The Morgan fingerprint density at radius 1 is 1.36 bits per heavy atom. The number of benzene rings is 1. The highest BCUT2D eigenvalue weighted by Crippen LogP contribution is 2.19. The van der Waals surface area contributed by atoms with E-state index in [2.05, 4.69) is 20.4 Å². The fourth-order valence-corrected chi connectivity index (χ4v) is 2.24. The SMILES string of the molecule is CC(C)CNC(=O)c1nc(Cc2c[nH]c3ccccc23)no1. The van der Waals surface area contributed by atoms with Crippen LogP contribution in [-0.4, -0.2) is 27.6 Å². The Balaban J connectivity index is 1.73. The lowest BCUT2D eigenvalue weighted by Crippen LogP contribution is -2.27. The molecular weight excluding hydrogens is 280 g/mol. The zero-order valence-electron chi connectivity index (χ0n) is 12.6. The van der Waals surface area contributed by atoms with Crippen LogP contribution in [0.5, 0.6) is 0 Å². The van der Waals surface area contributed by atoms with Gasteiger partial charge in [-0.05, 0) is 17.5 Å². The minimum atomic E-state index is -0.327. The molecule has 114 valence electrons. The highest BCUT2D eigenvalue weighted by molar-refractivity contribution is 5.89. The van der Waals surface area contributed by atoms with Gasteiger partial charge in [-0.25, -0.2) is 0 Å². The standard InChI is InChI=1S/C16H18N4O2/c1-10(2)8-18-15(21)16-19-14(20-22-16)7-11-9-17-13-6-4-3-5-12(11)13/h3-6,9-10,17H,7-8H2,1-2H3,(H,18,21). The number of nitrogens with one attached hydrogen (secondary N) is 2. The number of aromatic nitrogens is 3. The highest BCUT2D eigenvalue weighted by Gasteiger charge is 2.16. The summed E-state index contributed by atoms with van der Waals surface area (Å²) >= 11 is 0. The van der Waals surface area contributed by atoms with Gasteiger partial charge >= 0.3 is 11.8 Å². The Morgan fingerprint density at radius 3 is 3.00 bits per heavy atom. The third-order valence-electron chi connectivity index (χ3n) is 3.36. The fraction of sp³-hybridized carbons (Fsp3) is 0.312. The van der Waals surface area contributed by atoms with Gasteiger partial charge in [-0.3, -0.25) is 4.79 Å². The van der Waals surface area contributed by atoms with Crippen LogP contribution in [-0.2, 0) is 6.42 Å². The van der Waals surface area contributed by atoms with Crippen LogP contribution >= 0.6 is 0 Å². The first-order chi connectivity index (χ1) is 10.6. The van der Waals surface area contributed by atoms with Crippen LogP contribution in [0.15, 0.2) is 35.0 Å². The number of amides is 1. The monoisotopic (exact) mass is 298 g/mol. The number of carbonyl (C=O) groups is 1. The normalized spacial score (nSPS) is 11.2. The fourth-order valence-electron chi connectivity index (χ4n) is 2.24. The molecule has 3 rings (SSSR count). The van der Waals surface area contributed by atoms with E-state index in [-0.39, 0.29) is 11.8 Å². The summed E-state index contributed by atoms with van der Waals surface area (Å²) in [6.07, 6.45) is 2.45. The average molecular weight is 298 g/mol. The van der Waals surface area contributed by atoms with Crippen LogP contribution in [0.4, 0.5) is 0 Å². The Hall–Kier alpha value is -2.63. The van der Waals surface area contributed by atoms with Gasteiger partial charge in [-0.2, -0.15) is 4.98 Å². The average Bonchev–Trinajstić information content (AvgIpc) is 3.13. The molecule has 0 aliphatic rings. The van der Waals surface area contributed by atoms with E-state index >= 15 is 0 Å². The van der Waals surface area contributed by atoms with Crippen LogP contribution in [0.2, 0.25) is 0 Å². The van der Waals surface area contributed by atoms with Crippen LogP contribution in [0, 0.1) is 5.92 Å². The molecule has 0 bridgehead atoms. The number of hydrogen-bond donors (Lipinski definition) is 2. The van der Waals surface area contributed by atoms with Crippen molar-refractivity contribution in [3.63, 3.8) is 0 Å². The smallest absolute Gasteiger partial charge is 0.315 e. The molecule has 6 heteroatoms. The Labute approximate surface area is 127 Å². The number of para-hydroxylation sites is 1. The summed E-state index contributed by atoms with van der Waals surface area (Å²) in [4.78, 5) is 19.2. The quantitative estimate of drug-likeness (QED) is 0.758. The lowest BCUT2D eigenvalue weighted by molar-refractivity contribution is 0.0905. The summed E-state index contributed by atoms with van der Waals surface area (Å²) in [5, 5.41) is 7.77. The molecule has 22 heavy (non-hydrogen) atoms. The van der Waals surface area contributed by atoms with Crippen molar-refractivity contribution in [2.45, 2.75) is 20.3 Å². The van der Waals surface area contributed by atoms with E-state index in [1.807, 2.05) is 44.3 Å². The van der Waals surface area contributed by atoms with E-state index in [4.69, 9.17) is 4.52 Å². The number of rotatable bonds is 5. The van der Waals surface area contributed by atoms with Crippen LogP contribution in [0.1, 0.15) is 35.9 Å². The van der Waals surface area contributed by atoms with Crippen LogP contribution < -0.4 is 5.32 Å². The molecule has 0 aliphatic carbocycles. The second kappa shape index (κ2) is 6.01. The predicted octanol–water partition coefficient (Wildman–Crippen LogP) is 2.53. The molecule has 0 saturated heterocycles. The van der Waals surface area contributed by atoms with Crippen LogP contribution in [0.25, 0.3) is 10.9 Å². The molecule has 6 nitrogen and oxygen atoms in total. The van der Waals surface area contributed by atoms with Crippen LogP contribution in [0.3, 0.4) is 0 Å². The summed E-state index contributed by atoms with van der Waals surface area (Å²) in [7, 11) is 0. The van der Waals surface area contributed by atoms with Gasteiger partial charge in [0.2, 0.25) is 0 Å². The predicted molar refractivity (Wildman–Crippen MR) is 82.6 cm³/mol. The van der Waals surface area contributed by atoms with Crippen molar-refractivity contribution < 1.29 is 9.32 Å². The van der Waals surface area contributed by atoms with E-state index < -0.39 is 0 Å². The van der Waals surface area contributed by atoms with Crippen molar-refractivity contribution in [1.82, 2.24) is 20.4 Å². The van der Waals surface area contributed by atoms with Crippen molar-refractivity contribution in [1.29, 1.82) is 0 Å². The van der Waals surface area contributed by atoms with Crippen molar-refractivity contribution in [3.8, 4) is 0 Å². The second-order valence-corrected chi connectivity index (χ2v) is 5.66. The molecule has 0 spiro atoms. The zero-order chi connectivity index (χ0) is 15.5. The number of fused-ring (bicyclic) bond motifs is 1. The molecule has 0 fully saturated rings. The van der Waals surface area contributed by atoms with Gasteiger partial charge in [0.05, 0.1) is 0 Å². The lowest BCUT2D eigenvalue weighted by atomic mass is 10.1. The van der Waals surface area contributed by atoms with E-state index in [0.717, 1.165) is 16.5 Å². The number of carbonyl (C=O) groups excluding carboxylic acids is 1. The lowest BCUT2D eigenvalue weighted by Gasteiger charge is -2.03. The molecular formula is C16H18N4O2.